The zero-order valence-electron chi connectivity index (χ0n) is 21.9. The topological polar surface area (TPSA) is 127 Å². The number of ether oxygens (including phenoxy) is 2. The maximum atomic E-state index is 13.2. The summed E-state index contributed by atoms with van der Waals surface area (Å²) < 4.78 is 12.7. The summed E-state index contributed by atoms with van der Waals surface area (Å²) in [6.45, 7) is 7.93. The Hall–Kier alpha value is -4.21. The van der Waals surface area contributed by atoms with Gasteiger partial charge in [-0.2, -0.15) is 0 Å². The van der Waals surface area contributed by atoms with Crippen LogP contribution >= 0.6 is 0 Å². The van der Waals surface area contributed by atoms with Gasteiger partial charge in [0.1, 0.15) is 17.2 Å². The molecule has 2 N–H and O–H groups in total. The average Bonchev–Trinajstić information content (AvgIpc) is 3.33. The number of rotatable bonds is 7. The van der Waals surface area contributed by atoms with Crippen LogP contribution in [-0.4, -0.2) is 63.7 Å². The zero-order valence-corrected chi connectivity index (χ0v) is 21.9. The van der Waals surface area contributed by atoms with Crippen LogP contribution in [-0.2, 0) is 18.3 Å². The lowest BCUT2D eigenvalue weighted by Crippen LogP contribution is -2.30. The van der Waals surface area contributed by atoms with Crippen molar-refractivity contribution < 1.29 is 23.9 Å². The number of hydrogen-bond donors (Lipinski definition) is 2. The number of amides is 1. The van der Waals surface area contributed by atoms with Gasteiger partial charge in [0.25, 0.3) is 5.91 Å². The highest BCUT2D eigenvalue weighted by molar-refractivity contribution is 6.08. The smallest absolute Gasteiger partial charge is 0.375 e. The summed E-state index contributed by atoms with van der Waals surface area (Å²) in [5.41, 5.74) is 2.75. The van der Waals surface area contributed by atoms with Crippen molar-refractivity contribution in [3.63, 3.8) is 0 Å². The number of hydrogen-bond acceptors (Lipinski definition) is 7. The molecule has 10 heteroatoms. The Kier molecular flexibility index (Phi) is 6.77. The molecule has 0 bridgehead atoms. The van der Waals surface area contributed by atoms with Crippen LogP contribution in [0.2, 0.25) is 0 Å². The number of nitrogens with one attached hydrogen (secondary N) is 2. The molecular formula is C27H31N5O5. The van der Waals surface area contributed by atoms with Crippen LogP contribution in [0.15, 0.2) is 30.3 Å². The third kappa shape index (κ3) is 5.04. The summed E-state index contributed by atoms with van der Waals surface area (Å²) in [5, 5.41) is 11.2. The van der Waals surface area contributed by atoms with Crippen LogP contribution in [0.4, 0.5) is 0 Å². The molecule has 0 fully saturated rings. The van der Waals surface area contributed by atoms with E-state index in [9.17, 15) is 14.4 Å². The minimum Gasteiger partial charge on any atom is -0.493 e. The molecule has 37 heavy (non-hydrogen) atoms. The second-order valence-corrected chi connectivity index (χ2v) is 9.85. The molecule has 0 unspecified atom stereocenters. The van der Waals surface area contributed by atoms with Gasteiger partial charge in [0.2, 0.25) is 5.82 Å². The van der Waals surface area contributed by atoms with Crippen molar-refractivity contribution in [3.8, 4) is 5.75 Å². The molecule has 1 aromatic heterocycles. The fraction of sp³-hybridized carbons (Fsp3) is 0.370. The fourth-order valence-electron chi connectivity index (χ4n) is 4.28. The number of aromatic nitrogens is 2. The van der Waals surface area contributed by atoms with E-state index in [4.69, 9.17) is 14.9 Å². The number of imidazole rings is 1. The standard InChI is InChI=1S/C27H31N5O5/c1-7-36-22-11-16-13-32(23(28)17(16)12-18(22)25(34)29-5)14-21(33)15-8-9-19-20(10-15)31(6)24(30-19)26(35)37-27(2,3)4/h8-12,28H,7,13-14H2,1-6H3,(H,29,34). The van der Waals surface area contributed by atoms with Crippen LogP contribution < -0.4 is 10.1 Å². The van der Waals surface area contributed by atoms with E-state index >= 15 is 0 Å². The number of nitrogens with zero attached hydrogens (tertiary/aromatic N) is 3. The summed E-state index contributed by atoms with van der Waals surface area (Å²) in [7, 11) is 3.24. The number of esters is 1. The molecule has 2 heterocycles. The predicted molar refractivity (Wildman–Crippen MR) is 138 cm³/mol. The van der Waals surface area contributed by atoms with Crippen LogP contribution in [0.3, 0.4) is 0 Å². The highest BCUT2D eigenvalue weighted by Crippen LogP contribution is 2.31. The number of fused-ring (bicyclic) bond motifs is 2. The Balaban J connectivity index is 1.56. The first-order chi connectivity index (χ1) is 17.4. The van der Waals surface area contributed by atoms with Gasteiger partial charge in [-0.15, -0.1) is 0 Å². The molecule has 0 aliphatic carbocycles. The average molecular weight is 506 g/mol. The number of carbonyl (C=O) groups is 3. The van der Waals surface area contributed by atoms with E-state index in [1.165, 1.54) is 7.05 Å². The maximum Gasteiger partial charge on any atom is 0.375 e. The molecule has 0 saturated carbocycles. The number of Topliss-reactive ketones (excluding diaryl/α,β-unsaturated/α-hetero) is 1. The molecule has 1 aliphatic heterocycles. The van der Waals surface area contributed by atoms with Crippen molar-refractivity contribution in [2.45, 2.75) is 39.8 Å². The third-order valence-corrected chi connectivity index (χ3v) is 6.03. The van der Waals surface area contributed by atoms with E-state index in [1.54, 1.807) is 67.6 Å². The third-order valence-electron chi connectivity index (χ3n) is 6.03. The normalized spacial score (nSPS) is 13.0. The van der Waals surface area contributed by atoms with Crippen molar-refractivity contribution >= 4 is 34.5 Å². The Morgan fingerprint density at radius 3 is 2.54 bits per heavy atom. The van der Waals surface area contributed by atoms with Crippen LogP contribution in [0.5, 0.6) is 5.75 Å². The Morgan fingerprint density at radius 1 is 1.16 bits per heavy atom. The number of aryl methyl sites for hydroxylation is 1. The van der Waals surface area contributed by atoms with Gasteiger partial charge in [-0.3, -0.25) is 15.0 Å². The molecule has 0 saturated heterocycles. The summed E-state index contributed by atoms with van der Waals surface area (Å²) >= 11 is 0. The quantitative estimate of drug-likeness (QED) is 0.373. The van der Waals surface area contributed by atoms with Crippen molar-refractivity contribution in [2.75, 3.05) is 20.2 Å². The number of amidine groups is 1. The first kappa shape index (κ1) is 25.9. The van der Waals surface area contributed by atoms with Crippen molar-refractivity contribution in [1.82, 2.24) is 19.8 Å². The summed E-state index contributed by atoms with van der Waals surface area (Å²) in [6, 6.07) is 8.47. The lowest BCUT2D eigenvalue weighted by molar-refractivity contribution is 0.00523. The first-order valence-electron chi connectivity index (χ1n) is 12.0. The van der Waals surface area contributed by atoms with E-state index in [-0.39, 0.29) is 29.9 Å². The van der Waals surface area contributed by atoms with E-state index in [2.05, 4.69) is 10.3 Å². The molecule has 10 nitrogen and oxygen atoms in total. The lowest BCUT2D eigenvalue weighted by Gasteiger charge is -2.19. The molecule has 1 amide bonds. The van der Waals surface area contributed by atoms with Crippen LogP contribution in [0.25, 0.3) is 11.0 Å². The first-order valence-corrected chi connectivity index (χ1v) is 12.0. The molecule has 4 rings (SSSR count). The monoisotopic (exact) mass is 505 g/mol. The van der Waals surface area contributed by atoms with Gasteiger partial charge in [-0.25, -0.2) is 9.78 Å². The second-order valence-electron chi connectivity index (χ2n) is 9.85. The number of benzene rings is 2. The SMILES string of the molecule is CCOc1cc2c(cc1C(=O)NC)C(=N)N(CC(=O)c1ccc3nc(C(=O)OC(C)(C)C)n(C)c3c1)C2. The van der Waals surface area contributed by atoms with Gasteiger partial charge < -0.3 is 24.3 Å². The molecule has 1 aliphatic rings. The summed E-state index contributed by atoms with van der Waals surface area (Å²) in [5.74, 6) is -0.248. The Bertz CT molecular complexity index is 1430. The van der Waals surface area contributed by atoms with Gasteiger partial charge in [-0.1, -0.05) is 0 Å². The Labute approximate surface area is 215 Å². The predicted octanol–water partition coefficient (Wildman–Crippen LogP) is 3.31. The summed E-state index contributed by atoms with van der Waals surface area (Å²) in [4.78, 5) is 44.2. The van der Waals surface area contributed by atoms with Gasteiger partial charge in [-0.05, 0) is 63.6 Å². The van der Waals surface area contributed by atoms with Crippen LogP contribution in [0, 0.1) is 5.41 Å². The van der Waals surface area contributed by atoms with Crippen LogP contribution in [0.1, 0.15) is 70.2 Å². The van der Waals surface area contributed by atoms with Crippen molar-refractivity contribution in [2.24, 2.45) is 7.05 Å². The van der Waals surface area contributed by atoms with Gasteiger partial charge >= 0.3 is 5.97 Å². The largest absolute Gasteiger partial charge is 0.493 e. The van der Waals surface area contributed by atoms with Crippen molar-refractivity contribution in [1.29, 1.82) is 5.41 Å². The minimum absolute atomic E-state index is 0.0188. The Morgan fingerprint density at radius 2 is 1.89 bits per heavy atom. The number of ketones is 1. The van der Waals surface area contributed by atoms with Gasteiger partial charge in [0, 0.05) is 31.8 Å². The molecule has 0 radical (unpaired) electrons. The lowest BCUT2D eigenvalue weighted by atomic mass is 10.0. The minimum atomic E-state index is -0.654. The van der Waals surface area contributed by atoms with Gasteiger partial charge in [0.15, 0.2) is 5.78 Å². The summed E-state index contributed by atoms with van der Waals surface area (Å²) in [6.07, 6.45) is 0. The van der Waals surface area contributed by atoms with E-state index in [0.717, 1.165) is 5.56 Å². The van der Waals surface area contributed by atoms with E-state index in [1.807, 2.05) is 6.92 Å². The molecule has 0 atom stereocenters. The maximum absolute atomic E-state index is 13.2. The molecule has 0 spiro atoms. The number of carbonyl (C=O) groups excluding carboxylic acids is 3. The molecule has 194 valence electrons. The van der Waals surface area contributed by atoms with E-state index < -0.39 is 11.6 Å². The van der Waals surface area contributed by atoms with E-state index in [0.29, 0.717) is 46.6 Å². The van der Waals surface area contributed by atoms with Gasteiger partial charge in [0.05, 0.1) is 29.7 Å². The highest BCUT2D eigenvalue weighted by atomic mass is 16.6. The second kappa shape index (κ2) is 9.68. The highest BCUT2D eigenvalue weighted by Gasteiger charge is 2.29. The molecule has 3 aromatic rings. The zero-order chi connectivity index (χ0) is 27.1. The molecule has 2 aromatic carbocycles. The fourth-order valence-corrected chi connectivity index (χ4v) is 4.28. The van der Waals surface area contributed by atoms with Crippen molar-refractivity contribution in [3.05, 3.63) is 58.4 Å². The molecular weight excluding hydrogens is 474 g/mol.